The summed E-state index contributed by atoms with van der Waals surface area (Å²) in [6, 6.07) is 0.0685. The van der Waals surface area contributed by atoms with Gasteiger partial charge < -0.3 is 10.6 Å². The zero-order valence-electron chi connectivity index (χ0n) is 7.98. The molecule has 1 atom stereocenters. The highest BCUT2D eigenvalue weighted by Gasteiger charge is 2.63. The van der Waals surface area contributed by atoms with E-state index in [-0.39, 0.29) is 12.6 Å². The van der Waals surface area contributed by atoms with E-state index in [2.05, 4.69) is 0 Å². The molecule has 1 aliphatic heterocycles. The molecular formula is C9H15F3N2. The van der Waals surface area contributed by atoms with Gasteiger partial charge in [-0.2, -0.15) is 13.2 Å². The van der Waals surface area contributed by atoms with Crippen molar-refractivity contribution in [2.45, 2.75) is 31.5 Å². The van der Waals surface area contributed by atoms with Crippen molar-refractivity contribution < 1.29 is 13.2 Å². The number of hydrogen-bond donors (Lipinski definition) is 1. The van der Waals surface area contributed by atoms with Crippen molar-refractivity contribution in [3.8, 4) is 0 Å². The van der Waals surface area contributed by atoms with Crippen molar-refractivity contribution in [3.63, 3.8) is 0 Å². The minimum atomic E-state index is -4.03. The van der Waals surface area contributed by atoms with E-state index >= 15 is 0 Å². The molecular weight excluding hydrogens is 193 g/mol. The van der Waals surface area contributed by atoms with E-state index in [1.54, 1.807) is 0 Å². The standard InChI is InChI=1S/C9H15F3N2/c10-9(11,12)8(2-3-8)6-14-4-1-7(13)5-14/h7H,1-6,13H2. The van der Waals surface area contributed by atoms with Gasteiger partial charge in [-0.3, -0.25) is 0 Å². The van der Waals surface area contributed by atoms with E-state index in [1.165, 1.54) is 0 Å². The van der Waals surface area contributed by atoms with Crippen LogP contribution in [0.4, 0.5) is 13.2 Å². The van der Waals surface area contributed by atoms with Crippen LogP contribution in [0.1, 0.15) is 19.3 Å². The van der Waals surface area contributed by atoms with Crippen LogP contribution in [-0.2, 0) is 0 Å². The van der Waals surface area contributed by atoms with Gasteiger partial charge in [0.2, 0.25) is 0 Å². The van der Waals surface area contributed by atoms with Crippen LogP contribution in [0.5, 0.6) is 0 Å². The molecule has 2 nitrogen and oxygen atoms in total. The Hall–Kier alpha value is -0.290. The molecule has 2 rings (SSSR count). The first-order valence-electron chi connectivity index (χ1n) is 4.98. The first-order chi connectivity index (χ1) is 6.43. The van der Waals surface area contributed by atoms with Crippen LogP contribution < -0.4 is 5.73 Å². The average molecular weight is 208 g/mol. The molecule has 1 unspecified atom stereocenters. The smallest absolute Gasteiger partial charge is 0.326 e. The lowest BCUT2D eigenvalue weighted by atomic mass is 10.1. The summed E-state index contributed by atoms with van der Waals surface area (Å²) in [6.07, 6.45) is -2.61. The molecule has 0 amide bonds. The molecule has 0 aromatic heterocycles. The quantitative estimate of drug-likeness (QED) is 0.742. The normalized spacial score (nSPS) is 32.1. The summed E-state index contributed by atoms with van der Waals surface area (Å²) >= 11 is 0. The number of rotatable bonds is 2. The summed E-state index contributed by atoms with van der Waals surface area (Å²) in [5.41, 5.74) is 4.26. The van der Waals surface area contributed by atoms with Crippen molar-refractivity contribution in [1.82, 2.24) is 4.90 Å². The van der Waals surface area contributed by atoms with Gasteiger partial charge >= 0.3 is 6.18 Å². The number of halogens is 3. The first kappa shape index (κ1) is 10.2. The maximum Gasteiger partial charge on any atom is 0.395 e. The van der Waals surface area contributed by atoms with E-state index < -0.39 is 11.6 Å². The second-order valence-electron chi connectivity index (χ2n) is 4.56. The Morgan fingerprint density at radius 2 is 2.00 bits per heavy atom. The van der Waals surface area contributed by atoms with Crippen molar-refractivity contribution in [3.05, 3.63) is 0 Å². The van der Waals surface area contributed by atoms with Crippen LogP contribution in [0.3, 0.4) is 0 Å². The molecule has 2 fully saturated rings. The molecule has 0 bridgehead atoms. The average Bonchev–Trinajstić information content (AvgIpc) is 2.71. The lowest BCUT2D eigenvalue weighted by Gasteiger charge is -2.25. The maximum absolute atomic E-state index is 12.6. The van der Waals surface area contributed by atoms with Gasteiger partial charge in [0, 0.05) is 19.1 Å². The van der Waals surface area contributed by atoms with E-state index in [9.17, 15) is 13.2 Å². The van der Waals surface area contributed by atoms with Gasteiger partial charge in [-0.15, -0.1) is 0 Å². The molecule has 1 saturated carbocycles. The maximum atomic E-state index is 12.6. The zero-order valence-corrected chi connectivity index (χ0v) is 7.98. The molecule has 0 aromatic carbocycles. The Bertz CT molecular complexity index is 223. The Kier molecular flexibility index (Phi) is 2.27. The van der Waals surface area contributed by atoms with Gasteiger partial charge in [-0.25, -0.2) is 0 Å². The summed E-state index contributed by atoms with van der Waals surface area (Å²) in [7, 11) is 0. The fourth-order valence-electron chi connectivity index (χ4n) is 2.12. The summed E-state index contributed by atoms with van der Waals surface area (Å²) in [4.78, 5) is 1.85. The lowest BCUT2D eigenvalue weighted by molar-refractivity contribution is -0.191. The van der Waals surface area contributed by atoms with Gasteiger partial charge in [0.1, 0.15) is 0 Å². The minimum Gasteiger partial charge on any atom is -0.326 e. The van der Waals surface area contributed by atoms with Crippen LogP contribution >= 0.6 is 0 Å². The van der Waals surface area contributed by atoms with Crippen molar-refractivity contribution in [2.24, 2.45) is 11.1 Å². The van der Waals surface area contributed by atoms with Gasteiger partial charge in [-0.1, -0.05) is 0 Å². The number of nitrogens with two attached hydrogens (primary N) is 1. The summed E-state index contributed by atoms with van der Waals surface area (Å²) in [5.74, 6) is 0. The molecule has 82 valence electrons. The largest absolute Gasteiger partial charge is 0.395 e. The fraction of sp³-hybridized carbons (Fsp3) is 1.00. The fourth-order valence-corrected chi connectivity index (χ4v) is 2.12. The van der Waals surface area contributed by atoms with Gasteiger partial charge in [-0.05, 0) is 25.8 Å². The molecule has 1 aliphatic carbocycles. The first-order valence-corrected chi connectivity index (χ1v) is 4.98. The Morgan fingerprint density at radius 1 is 1.36 bits per heavy atom. The van der Waals surface area contributed by atoms with Crippen LogP contribution in [-0.4, -0.2) is 36.8 Å². The lowest BCUT2D eigenvalue weighted by Crippen LogP contribution is -2.38. The van der Waals surface area contributed by atoms with Crippen LogP contribution in [0, 0.1) is 5.41 Å². The van der Waals surface area contributed by atoms with Crippen molar-refractivity contribution in [1.29, 1.82) is 0 Å². The number of alkyl halides is 3. The van der Waals surface area contributed by atoms with E-state index in [0.29, 0.717) is 19.4 Å². The molecule has 2 N–H and O–H groups in total. The Morgan fingerprint density at radius 3 is 2.36 bits per heavy atom. The van der Waals surface area contributed by atoms with E-state index in [4.69, 9.17) is 5.73 Å². The van der Waals surface area contributed by atoms with Crippen molar-refractivity contribution in [2.75, 3.05) is 19.6 Å². The third-order valence-electron chi connectivity index (χ3n) is 3.29. The summed E-state index contributed by atoms with van der Waals surface area (Å²) < 4.78 is 37.8. The summed E-state index contributed by atoms with van der Waals surface area (Å²) in [5, 5.41) is 0. The molecule has 1 saturated heterocycles. The van der Waals surface area contributed by atoms with Gasteiger partial charge in [0.05, 0.1) is 5.41 Å². The van der Waals surface area contributed by atoms with Gasteiger partial charge in [0.15, 0.2) is 0 Å². The zero-order chi connectivity index (χ0) is 10.4. The monoisotopic (exact) mass is 208 g/mol. The molecule has 0 spiro atoms. The molecule has 0 radical (unpaired) electrons. The second kappa shape index (κ2) is 3.10. The van der Waals surface area contributed by atoms with Gasteiger partial charge in [0.25, 0.3) is 0 Å². The predicted octanol–water partition coefficient (Wildman–Crippen LogP) is 1.36. The highest BCUT2D eigenvalue weighted by atomic mass is 19.4. The third kappa shape index (κ3) is 1.75. The highest BCUT2D eigenvalue weighted by Crippen LogP contribution is 2.58. The third-order valence-corrected chi connectivity index (χ3v) is 3.29. The summed E-state index contributed by atoms with van der Waals surface area (Å²) in [6.45, 7) is 1.50. The minimum absolute atomic E-state index is 0.0685. The second-order valence-corrected chi connectivity index (χ2v) is 4.56. The SMILES string of the molecule is NC1CCN(CC2(C(F)(F)F)CC2)C1. The van der Waals surface area contributed by atoms with Crippen LogP contribution in [0.15, 0.2) is 0 Å². The molecule has 5 heteroatoms. The molecule has 1 heterocycles. The van der Waals surface area contributed by atoms with E-state index in [1.807, 2.05) is 4.90 Å². The number of hydrogen-bond acceptors (Lipinski definition) is 2. The predicted molar refractivity (Wildman–Crippen MR) is 46.8 cm³/mol. The Balaban J connectivity index is 1.92. The van der Waals surface area contributed by atoms with Crippen molar-refractivity contribution >= 4 is 0 Å². The van der Waals surface area contributed by atoms with Crippen LogP contribution in [0.25, 0.3) is 0 Å². The topological polar surface area (TPSA) is 29.3 Å². The molecule has 14 heavy (non-hydrogen) atoms. The number of nitrogens with zero attached hydrogens (tertiary/aromatic N) is 1. The Labute approximate surface area is 81.2 Å². The molecule has 2 aliphatic rings. The highest BCUT2D eigenvalue weighted by molar-refractivity contribution is 5.02. The van der Waals surface area contributed by atoms with Crippen LogP contribution in [0.2, 0.25) is 0 Å². The molecule has 0 aromatic rings. The number of likely N-dealkylation sites (tertiary alicyclic amines) is 1. The van der Waals surface area contributed by atoms with E-state index in [0.717, 1.165) is 13.0 Å².